The van der Waals surface area contributed by atoms with Crippen molar-refractivity contribution in [2.75, 3.05) is 23.7 Å². The number of nitrogen functional groups attached to an aromatic ring is 1. The van der Waals surface area contributed by atoms with E-state index in [2.05, 4.69) is 14.9 Å². The summed E-state index contributed by atoms with van der Waals surface area (Å²) in [6.07, 6.45) is 11.0. The van der Waals surface area contributed by atoms with Crippen LogP contribution >= 0.6 is 23.4 Å². The maximum absolute atomic E-state index is 8.36. The Hall–Kier alpha value is -2.32. The highest BCUT2D eigenvalue weighted by Crippen LogP contribution is 2.44. The summed E-state index contributed by atoms with van der Waals surface area (Å²) in [5.41, 5.74) is 7.64. The van der Waals surface area contributed by atoms with Gasteiger partial charge in [-0.05, 0) is 44.2 Å². The van der Waals surface area contributed by atoms with E-state index in [-0.39, 0.29) is 5.41 Å². The summed E-state index contributed by atoms with van der Waals surface area (Å²) in [7, 11) is 0. The van der Waals surface area contributed by atoms with E-state index in [1.807, 2.05) is 22.9 Å². The summed E-state index contributed by atoms with van der Waals surface area (Å²) >= 11 is 7.73. The number of hydrogen-bond acceptors (Lipinski definition) is 7. The Bertz CT molecular complexity index is 1090. The molecule has 0 atom stereocenters. The second-order valence-electron chi connectivity index (χ2n) is 7.77. The molecule has 9 heteroatoms. The molecule has 3 N–H and O–H groups in total. The molecule has 1 saturated carbocycles. The predicted molar refractivity (Wildman–Crippen MR) is 116 cm³/mol. The first-order chi connectivity index (χ1) is 14.1. The average molecular weight is 428 g/mol. The van der Waals surface area contributed by atoms with Crippen LogP contribution in [0.25, 0.3) is 5.65 Å². The molecule has 4 heterocycles. The fraction of sp³-hybridized carbons (Fsp3) is 0.400. The Labute approximate surface area is 178 Å². The molecule has 2 fully saturated rings. The van der Waals surface area contributed by atoms with Crippen molar-refractivity contribution in [2.24, 2.45) is 5.41 Å². The first-order valence-corrected chi connectivity index (χ1v) is 11.0. The van der Waals surface area contributed by atoms with Gasteiger partial charge in [-0.2, -0.15) is 0 Å². The molecular formula is C20H22ClN7S. The van der Waals surface area contributed by atoms with Crippen LogP contribution in [0.5, 0.6) is 0 Å². The Morgan fingerprint density at radius 3 is 2.69 bits per heavy atom. The third-order valence-corrected chi connectivity index (χ3v) is 7.61. The molecule has 1 spiro atoms. The lowest BCUT2D eigenvalue weighted by Gasteiger charge is -2.40. The number of piperidine rings is 1. The Kier molecular flexibility index (Phi) is 4.63. The van der Waals surface area contributed by atoms with E-state index in [1.165, 1.54) is 18.2 Å². The average Bonchev–Trinajstić information content (AvgIpc) is 3.33. The molecule has 1 aliphatic carbocycles. The van der Waals surface area contributed by atoms with Crippen molar-refractivity contribution < 1.29 is 0 Å². The molecule has 5 rings (SSSR count). The van der Waals surface area contributed by atoms with Gasteiger partial charge in [-0.25, -0.2) is 15.0 Å². The molecule has 29 heavy (non-hydrogen) atoms. The Morgan fingerprint density at radius 1 is 1.14 bits per heavy atom. The number of rotatable bonds is 3. The number of imidazole rings is 1. The Morgan fingerprint density at radius 2 is 1.97 bits per heavy atom. The molecule has 1 saturated heterocycles. The van der Waals surface area contributed by atoms with E-state index >= 15 is 0 Å². The summed E-state index contributed by atoms with van der Waals surface area (Å²) in [6, 6.07) is 3.60. The van der Waals surface area contributed by atoms with Crippen LogP contribution in [0.4, 0.5) is 11.8 Å². The number of halogens is 1. The zero-order valence-corrected chi connectivity index (χ0v) is 17.5. The lowest BCUT2D eigenvalue weighted by atomic mass is 9.76. The predicted octanol–water partition coefficient (Wildman–Crippen LogP) is 4.30. The van der Waals surface area contributed by atoms with Gasteiger partial charge >= 0.3 is 0 Å². The highest BCUT2D eigenvalue weighted by atomic mass is 35.5. The number of nitrogens with zero attached hydrogens (tertiary/aromatic N) is 5. The molecule has 3 aromatic heterocycles. The third kappa shape index (κ3) is 3.24. The second-order valence-corrected chi connectivity index (χ2v) is 9.21. The van der Waals surface area contributed by atoms with Crippen LogP contribution in [0.2, 0.25) is 5.15 Å². The normalized spacial score (nSPS) is 18.8. The summed E-state index contributed by atoms with van der Waals surface area (Å²) in [4.78, 5) is 17.5. The summed E-state index contributed by atoms with van der Waals surface area (Å²) in [5, 5.41) is 8.74. The van der Waals surface area contributed by atoms with Gasteiger partial charge in [0.25, 0.3) is 0 Å². The molecule has 0 unspecified atom stereocenters. The lowest BCUT2D eigenvalue weighted by molar-refractivity contribution is 0.316. The minimum absolute atomic E-state index is 0.138. The minimum atomic E-state index is 0.138. The zero-order chi connectivity index (χ0) is 20.0. The summed E-state index contributed by atoms with van der Waals surface area (Å²) in [6.45, 7) is 1.84. The van der Waals surface area contributed by atoms with Gasteiger partial charge in [0.05, 0.1) is 4.90 Å². The van der Waals surface area contributed by atoms with E-state index in [9.17, 15) is 0 Å². The zero-order valence-electron chi connectivity index (χ0n) is 15.9. The number of fused-ring (bicyclic) bond motifs is 1. The van der Waals surface area contributed by atoms with Crippen LogP contribution in [-0.2, 0) is 0 Å². The minimum Gasteiger partial charge on any atom is -0.384 e. The van der Waals surface area contributed by atoms with Crippen molar-refractivity contribution in [1.82, 2.24) is 19.4 Å². The van der Waals surface area contributed by atoms with E-state index in [1.54, 1.807) is 12.3 Å². The van der Waals surface area contributed by atoms with E-state index in [0.29, 0.717) is 11.0 Å². The summed E-state index contributed by atoms with van der Waals surface area (Å²) in [5.74, 6) is 1.31. The van der Waals surface area contributed by atoms with E-state index in [0.717, 1.165) is 65.9 Å². The second kappa shape index (κ2) is 7.18. The van der Waals surface area contributed by atoms with E-state index < -0.39 is 0 Å². The monoisotopic (exact) mass is 427 g/mol. The fourth-order valence-electron chi connectivity index (χ4n) is 4.53. The Balaban J connectivity index is 1.42. The van der Waals surface area contributed by atoms with Crippen LogP contribution in [0, 0.1) is 10.8 Å². The first kappa shape index (κ1) is 18.7. The third-order valence-electron chi connectivity index (χ3n) is 6.16. The fourth-order valence-corrected chi connectivity index (χ4v) is 5.65. The SMILES string of the molecule is N=C1CCCC12CCN(c1ncc(Sc3ccc(N)nc3Cl)c3nccn13)CC2. The van der Waals surface area contributed by atoms with Gasteiger partial charge in [0.2, 0.25) is 5.95 Å². The number of hydrogen-bond donors (Lipinski definition) is 2. The molecule has 0 aromatic carbocycles. The molecule has 3 aromatic rings. The van der Waals surface area contributed by atoms with Gasteiger partial charge in [-0.3, -0.25) is 4.40 Å². The van der Waals surface area contributed by atoms with Crippen LogP contribution < -0.4 is 10.6 Å². The molecular weight excluding hydrogens is 406 g/mol. The molecule has 2 aliphatic rings. The van der Waals surface area contributed by atoms with Crippen molar-refractivity contribution in [3.63, 3.8) is 0 Å². The van der Waals surface area contributed by atoms with Gasteiger partial charge in [-0.15, -0.1) is 0 Å². The van der Waals surface area contributed by atoms with Crippen molar-refractivity contribution in [2.45, 2.75) is 41.9 Å². The molecule has 0 radical (unpaired) electrons. The maximum atomic E-state index is 8.36. The van der Waals surface area contributed by atoms with Crippen molar-refractivity contribution >= 4 is 46.5 Å². The quantitative estimate of drug-likeness (QED) is 0.605. The van der Waals surface area contributed by atoms with Crippen LogP contribution in [0.1, 0.15) is 32.1 Å². The standard InChI is InChI=1S/C20H22ClN7S/c21-17-13(3-4-16(23)26-17)29-14-12-25-19(28-11-8-24-18(14)28)27-9-6-20(7-10-27)5-1-2-15(20)22/h3-4,8,11-12,22H,1-2,5-7,9-10H2,(H2,23,26). The van der Waals surface area contributed by atoms with Crippen LogP contribution in [0.3, 0.4) is 0 Å². The van der Waals surface area contributed by atoms with Gasteiger partial charge < -0.3 is 16.0 Å². The highest BCUT2D eigenvalue weighted by molar-refractivity contribution is 7.99. The van der Waals surface area contributed by atoms with Crippen molar-refractivity contribution in [3.05, 3.63) is 35.9 Å². The first-order valence-electron chi connectivity index (χ1n) is 9.81. The molecule has 0 bridgehead atoms. The van der Waals surface area contributed by atoms with Crippen molar-refractivity contribution in [1.29, 1.82) is 5.41 Å². The van der Waals surface area contributed by atoms with Gasteiger partial charge in [0.15, 0.2) is 5.65 Å². The molecule has 7 nitrogen and oxygen atoms in total. The molecule has 150 valence electrons. The highest BCUT2D eigenvalue weighted by Gasteiger charge is 2.41. The lowest BCUT2D eigenvalue weighted by Crippen LogP contribution is -2.43. The number of nitrogens with one attached hydrogen (secondary N) is 1. The number of aromatic nitrogens is 4. The molecule has 1 aliphatic heterocycles. The maximum Gasteiger partial charge on any atom is 0.211 e. The number of nitrogens with two attached hydrogens (primary N) is 1. The number of anilines is 2. The van der Waals surface area contributed by atoms with Crippen molar-refractivity contribution in [3.8, 4) is 0 Å². The number of pyridine rings is 1. The van der Waals surface area contributed by atoms with Crippen LogP contribution in [0.15, 0.2) is 40.5 Å². The molecule has 0 amide bonds. The van der Waals surface area contributed by atoms with Crippen LogP contribution in [-0.4, -0.2) is 38.2 Å². The smallest absolute Gasteiger partial charge is 0.211 e. The van der Waals surface area contributed by atoms with E-state index in [4.69, 9.17) is 27.7 Å². The van der Waals surface area contributed by atoms with Gasteiger partial charge in [0.1, 0.15) is 11.0 Å². The topological polar surface area (TPSA) is 96.2 Å². The van der Waals surface area contributed by atoms with Gasteiger partial charge in [0, 0.05) is 47.7 Å². The summed E-state index contributed by atoms with van der Waals surface area (Å²) < 4.78 is 2.04. The van der Waals surface area contributed by atoms with Gasteiger partial charge in [-0.1, -0.05) is 23.4 Å². The largest absolute Gasteiger partial charge is 0.384 e.